The van der Waals surface area contributed by atoms with Gasteiger partial charge in [-0.05, 0) is 18.8 Å². The van der Waals surface area contributed by atoms with Crippen molar-refractivity contribution >= 4 is 12.4 Å². The van der Waals surface area contributed by atoms with Gasteiger partial charge in [-0.1, -0.05) is 0 Å². The Balaban J connectivity index is 2.30. The Hall–Kier alpha value is -1.06. The van der Waals surface area contributed by atoms with E-state index in [0.717, 1.165) is 19.1 Å². The van der Waals surface area contributed by atoms with Crippen molar-refractivity contribution in [2.45, 2.75) is 18.9 Å². The van der Waals surface area contributed by atoms with Gasteiger partial charge in [-0.2, -0.15) is 0 Å². The predicted molar refractivity (Wildman–Crippen MR) is 38.1 cm³/mol. The van der Waals surface area contributed by atoms with Crippen LogP contribution in [-0.2, 0) is 9.53 Å². The van der Waals surface area contributed by atoms with E-state index in [0.29, 0.717) is 5.92 Å². The zero-order valence-corrected chi connectivity index (χ0v) is 6.37. The van der Waals surface area contributed by atoms with Crippen LogP contribution in [0.25, 0.3) is 0 Å². The Morgan fingerprint density at radius 2 is 2.36 bits per heavy atom. The van der Waals surface area contributed by atoms with Crippen LogP contribution >= 0.6 is 0 Å². The van der Waals surface area contributed by atoms with E-state index >= 15 is 0 Å². The van der Waals surface area contributed by atoms with Crippen molar-refractivity contribution in [1.82, 2.24) is 5.32 Å². The molecule has 1 fully saturated rings. The van der Waals surface area contributed by atoms with Gasteiger partial charge in [0.15, 0.2) is 0 Å². The number of aldehydes is 1. The molecule has 1 aliphatic rings. The number of methoxy groups -OCH3 is 1. The molecular weight excluding hydrogens is 146 g/mol. The van der Waals surface area contributed by atoms with E-state index in [-0.39, 0.29) is 6.04 Å². The van der Waals surface area contributed by atoms with Crippen molar-refractivity contribution in [3.05, 3.63) is 0 Å². The second-order valence-corrected chi connectivity index (χ2v) is 2.64. The first-order valence-corrected chi connectivity index (χ1v) is 3.57. The van der Waals surface area contributed by atoms with Crippen molar-refractivity contribution in [3.8, 4) is 0 Å². The summed E-state index contributed by atoms with van der Waals surface area (Å²) < 4.78 is 4.35. The van der Waals surface area contributed by atoms with Gasteiger partial charge in [0.2, 0.25) is 0 Å². The molecule has 4 heteroatoms. The van der Waals surface area contributed by atoms with E-state index in [1.807, 2.05) is 0 Å². The summed E-state index contributed by atoms with van der Waals surface area (Å²) >= 11 is 0. The molecule has 1 aliphatic carbocycles. The maximum absolute atomic E-state index is 10.6. The molecule has 0 spiro atoms. The summed E-state index contributed by atoms with van der Waals surface area (Å²) in [6.07, 6.45) is 2.27. The summed E-state index contributed by atoms with van der Waals surface area (Å²) in [6, 6.07) is -0.345. The van der Waals surface area contributed by atoms with Crippen LogP contribution in [0, 0.1) is 5.92 Å². The van der Waals surface area contributed by atoms with E-state index in [1.165, 1.54) is 7.11 Å². The molecule has 0 heterocycles. The van der Waals surface area contributed by atoms with Crippen LogP contribution in [0.3, 0.4) is 0 Å². The van der Waals surface area contributed by atoms with Crippen LogP contribution in [0.1, 0.15) is 12.8 Å². The molecule has 1 rings (SSSR count). The van der Waals surface area contributed by atoms with E-state index in [2.05, 4.69) is 10.1 Å². The van der Waals surface area contributed by atoms with Gasteiger partial charge in [-0.25, -0.2) is 4.79 Å². The quantitative estimate of drug-likeness (QED) is 0.600. The molecule has 4 nitrogen and oxygen atoms in total. The third-order valence-corrected chi connectivity index (χ3v) is 1.75. The van der Waals surface area contributed by atoms with Gasteiger partial charge in [0.05, 0.1) is 13.2 Å². The zero-order valence-electron chi connectivity index (χ0n) is 6.37. The number of hydrogen-bond acceptors (Lipinski definition) is 3. The molecule has 1 saturated carbocycles. The third kappa shape index (κ3) is 2.22. The van der Waals surface area contributed by atoms with Crippen LogP contribution in [0.4, 0.5) is 4.79 Å². The first kappa shape index (κ1) is 8.04. The first-order chi connectivity index (χ1) is 5.27. The number of ether oxygens (including phenoxy) is 1. The van der Waals surface area contributed by atoms with Gasteiger partial charge in [-0.3, -0.25) is 0 Å². The summed E-state index contributed by atoms with van der Waals surface area (Å²) in [5.74, 6) is 0.339. The SMILES string of the molecule is COC(=O)N[C@H](C=O)C1CC1. The van der Waals surface area contributed by atoms with Crippen LogP contribution in [0.15, 0.2) is 0 Å². The number of amides is 1. The smallest absolute Gasteiger partial charge is 0.407 e. The molecule has 1 amide bonds. The number of nitrogens with one attached hydrogen (secondary N) is 1. The van der Waals surface area contributed by atoms with Crippen LogP contribution in [0.2, 0.25) is 0 Å². The Bertz CT molecular complexity index is 165. The Labute approximate surface area is 64.9 Å². The van der Waals surface area contributed by atoms with Gasteiger partial charge in [-0.15, -0.1) is 0 Å². The van der Waals surface area contributed by atoms with Crippen LogP contribution < -0.4 is 5.32 Å². The highest BCUT2D eigenvalue weighted by molar-refractivity contribution is 5.73. The highest BCUT2D eigenvalue weighted by Gasteiger charge is 2.32. The highest BCUT2D eigenvalue weighted by Crippen LogP contribution is 2.31. The summed E-state index contributed by atoms with van der Waals surface area (Å²) in [4.78, 5) is 21.0. The maximum Gasteiger partial charge on any atom is 0.407 e. The predicted octanol–water partition coefficient (Wildman–Crippen LogP) is 0.320. The third-order valence-electron chi connectivity index (χ3n) is 1.75. The van der Waals surface area contributed by atoms with Crippen molar-refractivity contribution in [1.29, 1.82) is 0 Å². The fourth-order valence-electron chi connectivity index (χ4n) is 0.913. The number of rotatable bonds is 3. The van der Waals surface area contributed by atoms with Crippen LogP contribution in [-0.4, -0.2) is 25.5 Å². The minimum Gasteiger partial charge on any atom is -0.453 e. The second kappa shape index (κ2) is 3.37. The lowest BCUT2D eigenvalue weighted by Crippen LogP contribution is -2.37. The van der Waals surface area contributed by atoms with E-state index in [9.17, 15) is 9.59 Å². The van der Waals surface area contributed by atoms with E-state index in [4.69, 9.17) is 0 Å². The molecule has 0 bridgehead atoms. The van der Waals surface area contributed by atoms with Gasteiger partial charge in [0.25, 0.3) is 0 Å². The largest absolute Gasteiger partial charge is 0.453 e. The Kier molecular flexibility index (Phi) is 2.46. The highest BCUT2D eigenvalue weighted by atomic mass is 16.5. The maximum atomic E-state index is 10.6. The van der Waals surface area contributed by atoms with E-state index in [1.54, 1.807) is 0 Å². The van der Waals surface area contributed by atoms with Gasteiger partial charge in [0.1, 0.15) is 6.29 Å². The summed E-state index contributed by atoms with van der Waals surface area (Å²) in [7, 11) is 1.28. The lowest BCUT2D eigenvalue weighted by Gasteiger charge is -2.09. The number of alkyl carbamates (subject to hydrolysis) is 1. The number of carbonyl (C=O) groups excluding carboxylic acids is 2. The second-order valence-electron chi connectivity index (χ2n) is 2.64. The number of hydrogen-bond donors (Lipinski definition) is 1. The minimum atomic E-state index is -0.533. The Morgan fingerprint density at radius 3 is 2.73 bits per heavy atom. The average Bonchev–Trinajstić information content (AvgIpc) is 2.82. The fraction of sp³-hybridized carbons (Fsp3) is 0.714. The summed E-state index contributed by atoms with van der Waals surface area (Å²) in [5, 5.41) is 2.45. The lowest BCUT2D eigenvalue weighted by atomic mass is 10.2. The summed E-state index contributed by atoms with van der Waals surface area (Å²) in [5.41, 5.74) is 0. The molecule has 0 aromatic rings. The molecule has 0 radical (unpaired) electrons. The zero-order chi connectivity index (χ0) is 8.27. The van der Waals surface area contributed by atoms with Gasteiger partial charge in [0, 0.05) is 0 Å². The first-order valence-electron chi connectivity index (χ1n) is 3.57. The van der Waals surface area contributed by atoms with Crippen molar-refractivity contribution in [2.75, 3.05) is 7.11 Å². The van der Waals surface area contributed by atoms with Crippen molar-refractivity contribution in [2.24, 2.45) is 5.92 Å². The monoisotopic (exact) mass is 157 g/mol. The molecule has 0 aliphatic heterocycles. The van der Waals surface area contributed by atoms with Gasteiger partial charge >= 0.3 is 6.09 Å². The van der Waals surface area contributed by atoms with Crippen molar-refractivity contribution in [3.63, 3.8) is 0 Å². The van der Waals surface area contributed by atoms with E-state index < -0.39 is 6.09 Å². The topological polar surface area (TPSA) is 55.4 Å². The molecule has 0 unspecified atom stereocenters. The normalized spacial score (nSPS) is 18.6. The van der Waals surface area contributed by atoms with Crippen LogP contribution in [0.5, 0.6) is 0 Å². The molecule has 62 valence electrons. The standard InChI is InChI=1S/C7H11NO3/c1-11-7(10)8-6(4-9)5-2-3-5/h4-6H,2-3H2,1H3,(H,8,10)/t6-/m1/s1. The van der Waals surface area contributed by atoms with Gasteiger partial charge < -0.3 is 14.8 Å². The fourth-order valence-corrected chi connectivity index (χ4v) is 0.913. The van der Waals surface area contributed by atoms with Crippen molar-refractivity contribution < 1.29 is 14.3 Å². The molecule has 1 N–H and O–H groups in total. The molecule has 0 saturated heterocycles. The molecule has 0 aromatic carbocycles. The molecule has 1 atom stereocenters. The minimum absolute atomic E-state index is 0.339. The average molecular weight is 157 g/mol. The lowest BCUT2D eigenvalue weighted by molar-refractivity contribution is -0.109. The molecule has 0 aromatic heterocycles. The molecule has 11 heavy (non-hydrogen) atoms. The number of carbonyl (C=O) groups is 2. The molecular formula is C7H11NO3. The Morgan fingerprint density at radius 1 is 1.73 bits per heavy atom. The summed E-state index contributed by atoms with van der Waals surface area (Å²) in [6.45, 7) is 0.